The number of aromatic amines is 1. The molecule has 4 nitrogen and oxygen atoms in total. The second-order valence-electron chi connectivity index (χ2n) is 6.13. The van der Waals surface area contributed by atoms with Crippen LogP contribution in [0.2, 0.25) is 0 Å². The Labute approximate surface area is 129 Å². The van der Waals surface area contributed by atoms with Crippen LogP contribution in [0.3, 0.4) is 0 Å². The van der Waals surface area contributed by atoms with Crippen LogP contribution >= 0.6 is 12.2 Å². The van der Waals surface area contributed by atoms with Crippen molar-refractivity contribution in [2.75, 3.05) is 13.1 Å². The van der Waals surface area contributed by atoms with Crippen molar-refractivity contribution in [1.82, 2.24) is 14.5 Å². The van der Waals surface area contributed by atoms with Crippen molar-refractivity contribution >= 4 is 23.1 Å². The van der Waals surface area contributed by atoms with Crippen LogP contribution in [-0.2, 0) is 6.54 Å². The quantitative estimate of drug-likeness (QED) is 0.887. The summed E-state index contributed by atoms with van der Waals surface area (Å²) >= 11 is 5.38. The van der Waals surface area contributed by atoms with E-state index in [4.69, 9.17) is 12.2 Å². The van der Waals surface area contributed by atoms with Gasteiger partial charge in [0.2, 0.25) is 0 Å². The molecular formula is C16H21N3OS. The van der Waals surface area contributed by atoms with Crippen molar-refractivity contribution in [2.24, 2.45) is 5.92 Å². The van der Waals surface area contributed by atoms with E-state index >= 15 is 0 Å². The number of nitrogens with one attached hydrogen (secondary N) is 1. The van der Waals surface area contributed by atoms with E-state index in [1.807, 2.05) is 24.3 Å². The Bertz CT molecular complexity index is 762. The molecule has 0 bridgehead atoms. The van der Waals surface area contributed by atoms with Crippen molar-refractivity contribution in [2.45, 2.75) is 32.9 Å². The van der Waals surface area contributed by atoms with E-state index in [1.165, 1.54) is 0 Å². The minimum Gasteiger partial charge on any atom is -0.332 e. The summed E-state index contributed by atoms with van der Waals surface area (Å²) in [5, 5.41) is 0.713. The predicted octanol–water partition coefficient (Wildman–Crippen LogP) is 2.79. The Morgan fingerprint density at radius 2 is 2.14 bits per heavy atom. The lowest BCUT2D eigenvalue weighted by atomic mass is 10.1. The first-order valence-electron chi connectivity index (χ1n) is 7.52. The zero-order valence-electron chi connectivity index (χ0n) is 12.5. The van der Waals surface area contributed by atoms with Gasteiger partial charge in [-0.05, 0) is 57.1 Å². The Hall–Kier alpha value is -1.46. The number of para-hydroxylation sites is 1. The third kappa shape index (κ3) is 2.80. The van der Waals surface area contributed by atoms with Gasteiger partial charge in [0.25, 0.3) is 5.56 Å². The maximum atomic E-state index is 12.6. The summed E-state index contributed by atoms with van der Waals surface area (Å²) in [6.45, 7) is 7.31. The highest BCUT2D eigenvalue weighted by atomic mass is 32.1. The molecule has 1 aliphatic heterocycles. The van der Waals surface area contributed by atoms with Crippen LogP contribution in [0.5, 0.6) is 0 Å². The number of rotatable bonds is 3. The molecule has 112 valence electrons. The third-order valence-electron chi connectivity index (χ3n) is 4.38. The van der Waals surface area contributed by atoms with E-state index in [0.29, 0.717) is 28.7 Å². The largest absolute Gasteiger partial charge is 0.332 e. The molecule has 2 aromatic rings. The fraction of sp³-hybridized carbons (Fsp3) is 0.500. The monoisotopic (exact) mass is 303 g/mol. The van der Waals surface area contributed by atoms with E-state index in [9.17, 15) is 4.79 Å². The van der Waals surface area contributed by atoms with Gasteiger partial charge in [-0.3, -0.25) is 9.36 Å². The van der Waals surface area contributed by atoms with E-state index in [0.717, 1.165) is 25.0 Å². The van der Waals surface area contributed by atoms with Gasteiger partial charge in [-0.1, -0.05) is 12.1 Å². The molecule has 2 heterocycles. The molecule has 1 N–H and O–H groups in total. The molecule has 0 spiro atoms. The SMILES string of the molecule is CC(C)N1CCC(Cn2c(=S)[nH]c3ccccc3c2=O)C1. The first-order valence-corrected chi connectivity index (χ1v) is 7.93. The summed E-state index contributed by atoms with van der Waals surface area (Å²) < 4.78 is 2.26. The number of likely N-dealkylation sites (tertiary alicyclic amines) is 1. The fourth-order valence-corrected chi connectivity index (χ4v) is 3.37. The Kier molecular flexibility index (Phi) is 3.95. The molecule has 21 heavy (non-hydrogen) atoms. The van der Waals surface area contributed by atoms with Gasteiger partial charge in [0.1, 0.15) is 0 Å². The maximum Gasteiger partial charge on any atom is 0.262 e. The number of benzene rings is 1. The lowest BCUT2D eigenvalue weighted by molar-refractivity contribution is 0.260. The van der Waals surface area contributed by atoms with E-state index < -0.39 is 0 Å². The molecular weight excluding hydrogens is 282 g/mol. The highest BCUT2D eigenvalue weighted by Crippen LogP contribution is 2.20. The summed E-state index contributed by atoms with van der Waals surface area (Å²) in [6.07, 6.45) is 1.13. The van der Waals surface area contributed by atoms with Gasteiger partial charge < -0.3 is 9.88 Å². The van der Waals surface area contributed by atoms with Crippen LogP contribution in [0.25, 0.3) is 10.9 Å². The van der Waals surface area contributed by atoms with Crippen LogP contribution in [0.4, 0.5) is 0 Å². The molecule has 5 heteroatoms. The highest BCUT2D eigenvalue weighted by Gasteiger charge is 2.25. The molecule has 1 fully saturated rings. The second kappa shape index (κ2) is 5.73. The lowest BCUT2D eigenvalue weighted by Gasteiger charge is -2.20. The van der Waals surface area contributed by atoms with Gasteiger partial charge in [0.05, 0.1) is 10.9 Å². The molecule has 0 aliphatic carbocycles. The topological polar surface area (TPSA) is 41.0 Å². The molecule has 0 radical (unpaired) electrons. The predicted molar refractivity (Wildman–Crippen MR) is 88.2 cm³/mol. The molecule has 1 aliphatic rings. The molecule has 3 rings (SSSR count). The standard InChI is InChI=1S/C16H21N3OS/c1-11(2)18-8-7-12(9-18)10-19-15(20)13-5-3-4-6-14(13)17-16(19)21/h3-6,11-12H,7-10H2,1-2H3,(H,17,21). The van der Waals surface area contributed by atoms with Gasteiger partial charge in [-0.15, -0.1) is 0 Å². The molecule has 1 unspecified atom stereocenters. The summed E-state index contributed by atoms with van der Waals surface area (Å²) in [4.78, 5) is 18.2. The maximum absolute atomic E-state index is 12.6. The van der Waals surface area contributed by atoms with Crippen molar-refractivity contribution in [3.05, 3.63) is 39.4 Å². The van der Waals surface area contributed by atoms with E-state index in [-0.39, 0.29) is 5.56 Å². The van der Waals surface area contributed by atoms with E-state index in [1.54, 1.807) is 4.57 Å². The zero-order valence-corrected chi connectivity index (χ0v) is 13.3. The van der Waals surface area contributed by atoms with E-state index in [2.05, 4.69) is 23.7 Å². The fourth-order valence-electron chi connectivity index (χ4n) is 3.10. The molecule has 0 amide bonds. The van der Waals surface area contributed by atoms with Crippen molar-refractivity contribution in [3.8, 4) is 0 Å². The van der Waals surface area contributed by atoms with Crippen molar-refractivity contribution in [1.29, 1.82) is 0 Å². The van der Waals surface area contributed by atoms with Crippen molar-refractivity contribution in [3.63, 3.8) is 0 Å². The summed E-state index contributed by atoms with van der Waals surface area (Å²) in [6, 6.07) is 8.12. The number of hydrogen-bond donors (Lipinski definition) is 1. The van der Waals surface area contributed by atoms with Crippen LogP contribution in [-0.4, -0.2) is 33.6 Å². The molecule has 1 saturated heterocycles. The minimum absolute atomic E-state index is 0.0253. The molecule has 1 aromatic heterocycles. The Morgan fingerprint density at radius 1 is 1.38 bits per heavy atom. The van der Waals surface area contributed by atoms with Crippen LogP contribution in [0, 0.1) is 10.7 Å². The Morgan fingerprint density at radius 3 is 2.86 bits per heavy atom. The Balaban J connectivity index is 1.91. The molecule has 1 aromatic carbocycles. The second-order valence-corrected chi connectivity index (χ2v) is 6.52. The van der Waals surface area contributed by atoms with Gasteiger partial charge in [0.15, 0.2) is 4.77 Å². The van der Waals surface area contributed by atoms with Gasteiger partial charge in [-0.2, -0.15) is 0 Å². The summed E-state index contributed by atoms with van der Waals surface area (Å²) in [7, 11) is 0. The summed E-state index contributed by atoms with van der Waals surface area (Å²) in [5.74, 6) is 0.501. The smallest absolute Gasteiger partial charge is 0.262 e. The normalized spacial score (nSPS) is 19.7. The minimum atomic E-state index is 0.0253. The average Bonchev–Trinajstić information content (AvgIpc) is 2.92. The number of aromatic nitrogens is 2. The van der Waals surface area contributed by atoms with Gasteiger partial charge in [0, 0.05) is 19.1 Å². The first kappa shape index (κ1) is 14.5. The summed E-state index contributed by atoms with van der Waals surface area (Å²) in [5.41, 5.74) is 0.844. The zero-order chi connectivity index (χ0) is 15.0. The first-order chi connectivity index (χ1) is 10.1. The number of nitrogens with zero attached hydrogens (tertiary/aromatic N) is 2. The molecule has 1 atom stereocenters. The van der Waals surface area contributed by atoms with Crippen LogP contribution in [0.1, 0.15) is 20.3 Å². The van der Waals surface area contributed by atoms with Gasteiger partial charge in [-0.25, -0.2) is 0 Å². The van der Waals surface area contributed by atoms with Crippen LogP contribution < -0.4 is 5.56 Å². The number of H-pyrrole nitrogens is 1. The van der Waals surface area contributed by atoms with Crippen LogP contribution in [0.15, 0.2) is 29.1 Å². The molecule has 0 saturated carbocycles. The lowest BCUT2D eigenvalue weighted by Crippen LogP contribution is -2.30. The third-order valence-corrected chi connectivity index (χ3v) is 4.70. The number of fused-ring (bicyclic) bond motifs is 1. The number of hydrogen-bond acceptors (Lipinski definition) is 3. The highest BCUT2D eigenvalue weighted by molar-refractivity contribution is 7.71. The average molecular weight is 303 g/mol. The van der Waals surface area contributed by atoms with Gasteiger partial charge >= 0.3 is 0 Å². The van der Waals surface area contributed by atoms with Crippen molar-refractivity contribution < 1.29 is 0 Å².